The van der Waals surface area contributed by atoms with Crippen LogP contribution in [0.2, 0.25) is 0 Å². The number of hydrogen-bond acceptors (Lipinski definition) is 6. The highest BCUT2D eigenvalue weighted by molar-refractivity contribution is 7.89. The van der Waals surface area contributed by atoms with Gasteiger partial charge in [-0.3, -0.25) is 4.68 Å². The predicted molar refractivity (Wildman–Crippen MR) is 78.4 cm³/mol. The van der Waals surface area contributed by atoms with Crippen LogP contribution in [0.1, 0.15) is 12.5 Å². The van der Waals surface area contributed by atoms with E-state index in [1.54, 1.807) is 23.0 Å². The number of rotatable bonds is 5. The molecule has 0 aliphatic rings. The number of fused-ring (bicyclic) bond motifs is 1. The molecule has 116 valence electrons. The van der Waals surface area contributed by atoms with Gasteiger partial charge in [-0.2, -0.15) is 9.40 Å². The van der Waals surface area contributed by atoms with E-state index in [2.05, 4.69) is 20.0 Å². The topological polar surface area (TPSA) is 94.1 Å². The van der Waals surface area contributed by atoms with Crippen molar-refractivity contribution in [2.75, 3.05) is 7.05 Å². The molecule has 22 heavy (non-hydrogen) atoms. The van der Waals surface area contributed by atoms with E-state index in [4.69, 9.17) is 0 Å². The van der Waals surface area contributed by atoms with Crippen molar-refractivity contribution in [1.82, 2.24) is 24.4 Å². The number of aryl methyl sites for hydroxylation is 1. The van der Waals surface area contributed by atoms with Crippen molar-refractivity contribution in [3.8, 4) is 0 Å². The van der Waals surface area contributed by atoms with Gasteiger partial charge in [-0.05, 0) is 29.4 Å². The van der Waals surface area contributed by atoms with E-state index >= 15 is 0 Å². The summed E-state index contributed by atoms with van der Waals surface area (Å²) in [4.78, 5) is 0.0802. The molecule has 3 rings (SSSR count). The molecule has 0 bridgehead atoms. The van der Waals surface area contributed by atoms with Crippen LogP contribution >= 0.6 is 0 Å². The molecular weight excluding hydrogens is 306 g/mol. The molecule has 0 unspecified atom stereocenters. The highest BCUT2D eigenvalue weighted by Crippen LogP contribution is 2.23. The lowest BCUT2D eigenvalue weighted by Crippen LogP contribution is -2.26. The Labute approximate surface area is 127 Å². The van der Waals surface area contributed by atoms with Gasteiger partial charge in [0.15, 0.2) is 5.52 Å². The Morgan fingerprint density at radius 3 is 2.86 bits per heavy atom. The van der Waals surface area contributed by atoms with Gasteiger partial charge in [0.05, 0.1) is 6.20 Å². The summed E-state index contributed by atoms with van der Waals surface area (Å²) in [7, 11) is -2.18. The second-order valence-electron chi connectivity index (χ2n) is 4.85. The molecule has 0 radical (unpaired) electrons. The molecule has 3 aromatic rings. The van der Waals surface area contributed by atoms with Gasteiger partial charge >= 0.3 is 0 Å². The van der Waals surface area contributed by atoms with Crippen molar-refractivity contribution in [1.29, 1.82) is 0 Å². The molecule has 0 amide bonds. The van der Waals surface area contributed by atoms with Crippen LogP contribution in [0.3, 0.4) is 0 Å². The highest BCUT2D eigenvalue weighted by atomic mass is 32.2. The van der Waals surface area contributed by atoms with E-state index in [0.717, 1.165) is 12.1 Å². The molecular formula is C13H15N5O3S. The summed E-state index contributed by atoms with van der Waals surface area (Å²) in [5, 5.41) is 11.5. The Morgan fingerprint density at radius 2 is 2.14 bits per heavy atom. The van der Waals surface area contributed by atoms with Gasteiger partial charge in [0.2, 0.25) is 10.0 Å². The Hall–Kier alpha value is -2.26. The van der Waals surface area contributed by atoms with E-state index in [0.29, 0.717) is 5.52 Å². The summed E-state index contributed by atoms with van der Waals surface area (Å²) in [5.41, 5.74) is 1.46. The van der Waals surface area contributed by atoms with Crippen LogP contribution in [-0.4, -0.2) is 39.9 Å². The van der Waals surface area contributed by atoms with Crippen molar-refractivity contribution >= 4 is 21.1 Å². The quantitative estimate of drug-likeness (QED) is 0.702. The molecule has 0 saturated carbocycles. The summed E-state index contributed by atoms with van der Waals surface area (Å²) in [6.07, 6.45) is 3.48. The molecule has 0 saturated heterocycles. The maximum atomic E-state index is 12.7. The molecule has 8 nitrogen and oxygen atoms in total. The molecule has 0 aliphatic heterocycles. The normalized spacial score (nSPS) is 12.3. The monoisotopic (exact) mass is 321 g/mol. The van der Waals surface area contributed by atoms with Gasteiger partial charge in [0.25, 0.3) is 0 Å². The lowest BCUT2D eigenvalue weighted by Gasteiger charge is -2.16. The predicted octanol–water partition coefficient (Wildman–Crippen LogP) is 1.26. The molecule has 2 heterocycles. The lowest BCUT2D eigenvalue weighted by atomic mass is 10.3. The van der Waals surface area contributed by atoms with E-state index in [-0.39, 0.29) is 17.0 Å². The lowest BCUT2D eigenvalue weighted by molar-refractivity contribution is 0.315. The van der Waals surface area contributed by atoms with Gasteiger partial charge in [-0.1, -0.05) is 6.07 Å². The minimum Gasteiger partial charge on any atom is -0.273 e. The number of aromatic nitrogens is 4. The zero-order valence-corrected chi connectivity index (χ0v) is 13.0. The van der Waals surface area contributed by atoms with Crippen LogP contribution < -0.4 is 0 Å². The number of benzene rings is 1. The Kier molecular flexibility index (Phi) is 3.67. The smallest absolute Gasteiger partial charge is 0.245 e. The third-order valence-electron chi connectivity index (χ3n) is 3.35. The Morgan fingerprint density at radius 1 is 1.32 bits per heavy atom. The van der Waals surface area contributed by atoms with Crippen molar-refractivity contribution in [3.63, 3.8) is 0 Å². The second kappa shape index (κ2) is 5.50. The molecule has 1 aromatic carbocycles. The first-order valence-electron chi connectivity index (χ1n) is 6.71. The standard InChI is InChI=1S/C13H15N5O3S/c1-3-18-9-10(7-14-18)8-17(2)22(19,20)12-6-4-5-11-13(12)16-21-15-11/h4-7,9H,3,8H2,1-2H3. The SMILES string of the molecule is CCn1cc(CN(C)S(=O)(=O)c2cccc3nonc23)cn1. The Balaban J connectivity index is 1.93. The second-order valence-corrected chi connectivity index (χ2v) is 6.87. The van der Waals surface area contributed by atoms with Crippen LogP contribution in [0, 0.1) is 0 Å². The molecule has 2 aromatic heterocycles. The van der Waals surface area contributed by atoms with E-state index in [1.165, 1.54) is 17.4 Å². The fourth-order valence-corrected chi connectivity index (χ4v) is 3.45. The Bertz CT molecular complexity index is 899. The average molecular weight is 321 g/mol. The molecule has 0 N–H and O–H groups in total. The summed E-state index contributed by atoms with van der Waals surface area (Å²) in [5.74, 6) is 0. The summed E-state index contributed by atoms with van der Waals surface area (Å²) < 4.78 is 33.1. The van der Waals surface area contributed by atoms with Gasteiger partial charge in [-0.25, -0.2) is 13.0 Å². The molecule has 0 aliphatic carbocycles. The van der Waals surface area contributed by atoms with Gasteiger partial charge in [-0.15, -0.1) is 0 Å². The van der Waals surface area contributed by atoms with Crippen molar-refractivity contribution in [2.45, 2.75) is 24.9 Å². The van der Waals surface area contributed by atoms with Crippen molar-refractivity contribution in [3.05, 3.63) is 36.2 Å². The van der Waals surface area contributed by atoms with Crippen LogP contribution in [0.15, 0.2) is 40.1 Å². The molecule has 9 heteroatoms. The average Bonchev–Trinajstić information content (AvgIpc) is 3.14. The minimum absolute atomic E-state index is 0.0802. The fourth-order valence-electron chi connectivity index (χ4n) is 2.16. The first-order valence-corrected chi connectivity index (χ1v) is 8.15. The first-order chi connectivity index (χ1) is 10.5. The third kappa shape index (κ3) is 2.48. The maximum absolute atomic E-state index is 12.7. The van der Waals surface area contributed by atoms with Gasteiger partial charge in [0.1, 0.15) is 10.4 Å². The summed E-state index contributed by atoms with van der Waals surface area (Å²) >= 11 is 0. The molecule has 0 atom stereocenters. The number of sulfonamides is 1. The minimum atomic E-state index is -3.70. The van der Waals surface area contributed by atoms with Crippen molar-refractivity contribution in [2.24, 2.45) is 0 Å². The highest BCUT2D eigenvalue weighted by Gasteiger charge is 2.25. The summed E-state index contributed by atoms with van der Waals surface area (Å²) in [6.45, 7) is 2.93. The zero-order chi connectivity index (χ0) is 15.7. The number of nitrogens with zero attached hydrogens (tertiary/aromatic N) is 5. The fraction of sp³-hybridized carbons (Fsp3) is 0.308. The van der Waals surface area contributed by atoms with Crippen LogP contribution in [-0.2, 0) is 23.1 Å². The van der Waals surface area contributed by atoms with Crippen LogP contribution in [0.5, 0.6) is 0 Å². The van der Waals surface area contributed by atoms with Crippen LogP contribution in [0.25, 0.3) is 11.0 Å². The van der Waals surface area contributed by atoms with Crippen LogP contribution in [0.4, 0.5) is 0 Å². The van der Waals surface area contributed by atoms with Gasteiger partial charge in [0, 0.05) is 31.9 Å². The van der Waals surface area contributed by atoms with E-state index in [9.17, 15) is 8.42 Å². The van der Waals surface area contributed by atoms with Crippen molar-refractivity contribution < 1.29 is 13.0 Å². The maximum Gasteiger partial charge on any atom is 0.245 e. The summed E-state index contributed by atoms with van der Waals surface area (Å²) in [6, 6.07) is 4.76. The van der Waals surface area contributed by atoms with E-state index < -0.39 is 10.0 Å². The van der Waals surface area contributed by atoms with E-state index in [1.807, 2.05) is 13.1 Å². The molecule has 0 fully saturated rings. The molecule has 0 spiro atoms. The third-order valence-corrected chi connectivity index (χ3v) is 5.19. The number of hydrogen-bond donors (Lipinski definition) is 0. The first kappa shape index (κ1) is 14.7. The zero-order valence-electron chi connectivity index (χ0n) is 12.2. The largest absolute Gasteiger partial charge is 0.273 e. The van der Waals surface area contributed by atoms with Gasteiger partial charge < -0.3 is 0 Å².